The molecule has 0 aromatic heterocycles. The first-order valence-corrected chi connectivity index (χ1v) is 7.91. The van der Waals surface area contributed by atoms with Crippen LogP contribution < -0.4 is 4.74 Å². The van der Waals surface area contributed by atoms with Gasteiger partial charge in [0.2, 0.25) is 0 Å². The van der Waals surface area contributed by atoms with Gasteiger partial charge in [-0.15, -0.1) is 0 Å². The third-order valence-corrected chi connectivity index (χ3v) is 3.59. The van der Waals surface area contributed by atoms with Gasteiger partial charge in [-0.3, -0.25) is 10.1 Å². The fourth-order valence-corrected chi connectivity index (χ4v) is 2.41. The summed E-state index contributed by atoms with van der Waals surface area (Å²) in [6, 6.07) is 3.97. The molecule has 1 rings (SSSR count). The summed E-state index contributed by atoms with van der Waals surface area (Å²) in [5.41, 5.74) is 0.508. The van der Waals surface area contributed by atoms with Gasteiger partial charge in [-0.1, -0.05) is 35.2 Å². The number of benzene rings is 1. The van der Waals surface area contributed by atoms with Gasteiger partial charge in [0.15, 0.2) is 0 Å². The highest BCUT2D eigenvalue weighted by Crippen LogP contribution is 2.26. The average Bonchev–Trinajstić information content (AvgIpc) is 2.43. The molecule has 0 aliphatic rings. The Balaban J connectivity index is 2.64. The first-order valence-electron chi connectivity index (χ1n) is 6.78. The van der Waals surface area contributed by atoms with E-state index in [1.165, 1.54) is 18.2 Å². The van der Waals surface area contributed by atoms with E-state index in [-0.39, 0.29) is 11.4 Å². The number of hydrogen-bond donors (Lipinski definition) is 1. The summed E-state index contributed by atoms with van der Waals surface area (Å²) >= 11 is 3.37. The molecule has 1 aromatic rings. The zero-order valence-electron chi connectivity index (χ0n) is 11.6. The van der Waals surface area contributed by atoms with Gasteiger partial charge in [0.25, 0.3) is 5.69 Å². The van der Waals surface area contributed by atoms with Crippen LogP contribution >= 0.6 is 15.9 Å². The number of nitrogens with zero attached hydrogens (tertiary/aromatic N) is 1. The van der Waals surface area contributed by atoms with Crippen molar-refractivity contribution in [1.82, 2.24) is 0 Å². The van der Waals surface area contributed by atoms with Crippen LogP contribution in [-0.4, -0.2) is 21.5 Å². The molecule has 1 aromatic carbocycles. The number of unbranched alkanes of at least 4 members (excludes halogenated alkanes) is 4. The first kappa shape index (κ1) is 17.4. The summed E-state index contributed by atoms with van der Waals surface area (Å²) in [6.45, 7) is 0. The molecule has 0 spiro atoms. The number of carbonyl (C=O) groups is 1. The normalized spacial score (nSPS) is 10.3. The molecule has 116 valence electrons. The molecule has 0 amide bonds. The molecule has 0 atom stereocenters. The highest BCUT2D eigenvalue weighted by molar-refractivity contribution is 9.09. The van der Waals surface area contributed by atoms with Crippen LogP contribution in [0.1, 0.15) is 37.7 Å². The highest BCUT2D eigenvalue weighted by atomic mass is 79.9. The number of non-ortho nitro benzene ring substituents is 1. The molecular formula is C14H18BrNO5. The van der Waals surface area contributed by atoms with Gasteiger partial charge in [-0.05, 0) is 25.3 Å². The fourth-order valence-electron chi connectivity index (χ4n) is 2.01. The van der Waals surface area contributed by atoms with Crippen LogP contribution in [0.4, 0.5) is 10.5 Å². The molecule has 0 aliphatic carbocycles. The molecule has 0 fully saturated rings. The Hall–Kier alpha value is -1.63. The molecule has 7 heteroatoms. The van der Waals surface area contributed by atoms with Crippen LogP contribution in [0.5, 0.6) is 5.75 Å². The lowest BCUT2D eigenvalue weighted by Crippen LogP contribution is -2.06. The van der Waals surface area contributed by atoms with Gasteiger partial charge >= 0.3 is 6.16 Å². The zero-order chi connectivity index (χ0) is 15.7. The van der Waals surface area contributed by atoms with Crippen LogP contribution in [-0.2, 0) is 6.42 Å². The molecular weight excluding hydrogens is 342 g/mol. The lowest BCUT2D eigenvalue weighted by Gasteiger charge is -2.08. The lowest BCUT2D eigenvalue weighted by molar-refractivity contribution is -0.384. The Morgan fingerprint density at radius 2 is 1.90 bits per heavy atom. The van der Waals surface area contributed by atoms with Crippen molar-refractivity contribution in [2.24, 2.45) is 0 Å². The summed E-state index contributed by atoms with van der Waals surface area (Å²) in [5.74, 6) is 0.175. The summed E-state index contributed by atoms with van der Waals surface area (Å²) in [5, 5.41) is 20.5. The minimum Gasteiger partial charge on any atom is -0.449 e. The molecule has 0 saturated carbocycles. The Kier molecular flexibility index (Phi) is 7.74. The van der Waals surface area contributed by atoms with E-state index in [2.05, 4.69) is 20.7 Å². The third kappa shape index (κ3) is 6.57. The van der Waals surface area contributed by atoms with E-state index in [0.717, 1.165) is 37.4 Å². The Labute approximate surface area is 131 Å². The van der Waals surface area contributed by atoms with Gasteiger partial charge in [0.1, 0.15) is 5.75 Å². The molecule has 21 heavy (non-hydrogen) atoms. The van der Waals surface area contributed by atoms with Gasteiger partial charge in [0, 0.05) is 23.0 Å². The van der Waals surface area contributed by atoms with E-state index in [1.54, 1.807) is 0 Å². The van der Waals surface area contributed by atoms with Crippen molar-refractivity contribution in [1.29, 1.82) is 0 Å². The van der Waals surface area contributed by atoms with Gasteiger partial charge in [0.05, 0.1) is 4.92 Å². The fraction of sp³-hybridized carbons (Fsp3) is 0.500. The number of ether oxygens (including phenoxy) is 1. The van der Waals surface area contributed by atoms with E-state index in [1.807, 2.05) is 0 Å². The maximum absolute atomic E-state index is 10.8. The monoisotopic (exact) mass is 359 g/mol. The van der Waals surface area contributed by atoms with Crippen LogP contribution in [0, 0.1) is 10.1 Å². The molecule has 0 aliphatic heterocycles. The van der Waals surface area contributed by atoms with Crippen molar-refractivity contribution in [3.05, 3.63) is 33.9 Å². The second kappa shape index (κ2) is 9.33. The summed E-state index contributed by atoms with van der Waals surface area (Å²) in [4.78, 5) is 20.9. The molecule has 0 bridgehead atoms. The van der Waals surface area contributed by atoms with Crippen LogP contribution in [0.3, 0.4) is 0 Å². The average molecular weight is 360 g/mol. The Morgan fingerprint density at radius 1 is 1.24 bits per heavy atom. The smallest absolute Gasteiger partial charge is 0.449 e. The number of aryl methyl sites for hydroxylation is 1. The predicted octanol–water partition coefficient (Wildman–Crippen LogP) is 4.54. The van der Waals surface area contributed by atoms with Crippen molar-refractivity contribution in [3.8, 4) is 5.75 Å². The predicted molar refractivity (Wildman–Crippen MR) is 82.3 cm³/mol. The molecule has 1 N–H and O–H groups in total. The highest BCUT2D eigenvalue weighted by Gasteiger charge is 2.13. The minimum atomic E-state index is -1.41. The quantitative estimate of drug-likeness (QED) is 0.174. The topological polar surface area (TPSA) is 89.7 Å². The molecule has 0 unspecified atom stereocenters. The summed E-state index contributed by atoms with van der Waals surface area (Å²) in [6.07, 6.45) is 4.36. The van der Waals surface area contributed by atoms with E-state index < -0.39 is 11.1 Å². The second-order valence-corrected chi connectivity index (χ2v) is 5.42. The van der Waals surface area contributed by atoms with Crippen molar-refractivity contribution in [3.63, 3.8) is 0 Å². The molecule has 6 nitrogen and oxygen atoms in total. The van der Waals surface area contributed by atoms with Crippen molar-refractivity contribution >= 4 is 27.8 Å². The second-order valence-electron chi connectivity index (χ2n) is 4.62. The zero-order valence-corrected chi connectivity index (χ0v) is 13.2. The van der Waals surface area contributed by atoms with E-state index in [9.17, 15) is 14.9 Å². The largest absolute Gasteiger partial charge is 0.511 e. The van der Waals surface area contributed by atoms with E-state index in [0.29, 0.717) is 12.0 Å². The Morgan fingerprint density at radius 3 is 2.52 bits per heavy atom. The van der Waals surface area contributed by atoms with Gasteiger partial charge in [-0.25, -0.2) is 4.79 Å². The Bertz CT molecular complexity index is 492. The number of halogens is 1. The maximum atomic E-state index is 10.8. The SMILES string of the molecule is O=C(O)Oc1ccc([N+](=O)[O-])cc1CCCCCCCBr. The summed E-state index contributed by atoms with van der Waals surface area (Å²) < 4.78 is 4.66. The maximum Gasteiger partial charge on any atom is 0.511 e. The van der Waals surface area contributed by atoms with Crippen LogP contribution in [0.15, 0.2) is 18.2 Å². The van der Waals surface area contributed by atoms with Crippen LogP contribution in [0.2, 0.25) is 0 Å². The number of carboxylic acid groups (broad SMARTS) is 1. The third-order valence-electron chi connectivity index (χ3n) is 3.03. The van der Waals surface area contributed by atoms with Crippen molar-refractivity contribution in [2.45, 2.75) is 38.5 Å². The summed E-state index contributed by atoms with van der Waals surface area (Å²) in [7, 11) is 0. The number of hydrogen-bond acceptors (Lipinski definition) is 4. The number of alkyl halides is 1. The number of nitro benzene ring substituents is 1. The van der Waals surface area contributed by atoms with Crippen molar-refractivity contribution in [2.75, 3.05) is 5.33 Å². The molecule has 0 saturated heterocycles. The first-order chi connectivity index (χ1) is 10.0. The van der Waals surface area contributed by atoms with E-state index in [4.69, 9.17) is 5.11 Å². The van der Waals surface area contributed by atoms with Crippen LogP contribution in [0.25, 0.3) is 0 Å². The number of nitro groups is 1. The standard InChI is InChI=1S/C14H18BrNO5/c15-9-5-3-1-2-4-6-11-10-12(16(19)20)7-8-13(11)21-14(17)18/h7-8,10H,1-6,9H2,(H,17,18). The van der Waals surface area contributed by atoms with E-state index >= 15 is 0 Å². The lowest BCUT2D eigenvalue weighted by atomic mass is 10.0. The van der Waals surface area contributed by atoms with Gasteiger partial charge in [-0.2, -0.15) is 0 Å². The molecule has 0 heterocycles. The van der Waals surface area contributed by atoms with Crippen molar-refractivity contribution < 1.29 is 19.6 Å². The molecule has 0 radical (unpaired) electrons. The van der Waals surface area contributed by atoms with Gasteiger partial charge < -0.3 is 9.84 Å². The minimum absolute atomic E-state index is 0.0537. The number of rotatable bonds is 9.